The van der Waals surface area contributed by atoms with Gasteiger partial charge in [-0.05, 0) is 43.2 Å². The lowest BCUT2D eigenvalue weighted by atomic mass is 10.1. The van der Waals surface area contributed by atoms with Crippen molar-refractivity contribution in [3.8, 4) is 11.5 Å². The van der Waals surface area contributed by atoms with Gasteiger partial charge >= 0.3 is 5.97 Å². The second-order valence-corrected chi connectivity index (χ2v) is 5.87. The molecule has 0 spiro atoms. The number of aliphatic carboxylic acids is 1. The summed E-state index contributed by atoms with van der Waals surface area (Å²) < 4.78 is 10.6. The summed E-state index contributed by atoms with van der Waals surface area (Å²) in [5.74, 6) is -1.03. The average molecular weight is 391 g/mol. The second-order valence-electron chi connectivity index (χ2n) is 5.46. The smallest absolute Gasteiger partial charge is 0.341 e. The van der Waals surface area contributed by atoms with Crippen LogP contribution in [-0.2, 0) is 4.79 Å². The van der Waals surface area contributed by atoms with Crippen LogP contribution < -0.4 is 14.9 Å². The van der Waals surface area contributed by atoms with Crippen LogP contribution in [0.4, 0.5) is 0 Å². The first-order chi connectivity index (χ1) is 12.9. The van der Waals surface area contributed by atoms with Crippen molar-refractivity contribution in [1.29, 1.82) is 0 Å². The van der Waals surface area contributed by atoms with Gasteiger partial charge in [0.2, 0.25) is 0 Å². The van der Waals surface area contributed by atoms with Gasteiger partial charge in [0.25, 0.3) is 5.91 Å². The zero-order chi connectivity index (χ0) is 19.8. The minimum Gasteiger partial charge on any atom is -0.490 e. The molecule has 1 amide bonds. The number of amides is 1. The molecule has 0 heterocycles. The third-order valence-corrected chi connectivity index (χ3v) is 3.72. The van der Waals surface area contributed by atoms with Crippen LogP contribution in [0.25, 0.3) is 0 Å². The maximum Gasteiger partial charge on any atom is 0.341 e. The monoisotopic (exact) mass is 390 g/mol. The third-order valence-electron chi connectivity index (χ3n) is 3.44. The first kappa shape index (κ1) is 20.3. The summed E-state index contributed by atoms with van der Waals surface area (Å²) in [6.45, 7) is 3.41. The van der Waals surface area contributed by atoms with Crippen LogP contribution in [0.15, 0.2) is 41.5 Å². The van der Waals surface area contributed by atoms with E-state index in [2.05, 4.69) is 10.5 Å². The van der Waals surface area contributed by atoms with E-state index >= 15 is 0 Å². The molecule has 0 fully saturated rings. The van der Waals surface area contributed by atoms with Crippen molar-refractivity contribution in [2.45, 2.75) is 13.8 Å². The number of carbonyl (C=O) groups is 2. The SMILES string of the molecule is CCOc1cc(/C=N\NC(=O)c2ccccc2C)cc(Cl)c1OCC(=O)O. The average Bonchev–Trinajstić information content (AvgIpc) is 2.61. The number of carbonyl (C=O) groups excluding carboxylic acids is 1. The first-order valence-electron chi connectivity index (χ1n) is 8.12. The normalized spacial score (nSPS) is 10.6. The summed E-state index contributed by atoms with van der Waals surface area (Å²) in [5, 5.41) is 12.9. The maximum absolute atomic E-state index is 12.1. The topological polar surface area (TPSA) is 97.2 Å². The Balaban J connectivity index is 2.15. The van der Waals surface area contributed by atoms with Gasteiger partial charge in [-0.15, -0.1) is 0 Å². The summed E-state index contributed by atoms with van der Waals surface area (Å²) in [6, 6.07) is 10.3. The van der Waals surface area contributed by atoms with Crippen molar-refractivity contribution < 1.29 is 24.2 Å². The summed E-state index contributed by atoms with van der Waals surface area (Å²) in [6.07, 6.45) is 1.41. The van der Waals surface area contributed by atoms with Gasteiger partial charge in [-0.25, -0.2) is 10.2 Å². The zero-order valence-corrected chi connectivity index (χ0v) is 15.6. The second kappa shape index (κ2) is 9.59. The van der Waals surface area contributed by atoms with Gasteiger partial charge in [-0.2, -0.15) is 5.10 Å². The highest BCUT2D eigenvalue weighted by Crippen LogP contribution is 2.36. The van der Waals surface area contributed by atoms with E-state index in [1.54, 1.807) is 25.1 Å². The predicted molar refractivity (Wildman–Crippen MR) is 102 cm³/mol. The highest BCUT2D eigenvalue weighted by atomic mass is 35.5. The summed E-state index contributed by atoms with van der Waals surface area (Å²) in [7, 11) is 0. The number of rotatable bonds is 8. The Kier molecular flexibility index (Phi) is 7.19. The summed E-state index contributed by atoms with van der Waals surface area (Å²) in [4.78, 5) is 22.8. The molecule has 0 unspecified atom stereocenters. The molecule has 2 N–H and O–H groups in total. The van der Waals surface area contributed by atoms with E-state index in [9.17, 15) is 9.59 Å². The molecule has 2 aromatic carbocycles. The van der Waals surface area contributed by atoms with Crippen LogP contribution in [0, 0.1) is 6.92 Å². The minimum absolute atomic E-state index is 0.141. The van der Waals surface area contributed by atoms with E-state index in [0.717, 1.165) is 5.56 Å². The molecule has 2 aromatic rings. The van der Waals surface area contributed by atoms with Crippen molar-refractivity contribution in [2.75, 3.05) is 13.2 Å². The van der Waals surface area contributed by atoms with E-state index in [1.165, 1.54) is 12.3 Å². The van der Waals surface area contributed by atoms with E-state index in [-0.39, 0.29) is 22.4 Å². The number of aryl methyl sites for hydroxylation is 1. The number of hydrazone groups is 1. The Bertz CT molecular complexity index is 867. The molecule has 0 atom stereocenters. The number of benzene rings is 2. The maximum atomic E-state index is 12.1. The van der Waals surface area contributed by atoms with Crippen LogP contribution in [0.2, 0.25) is 5.02 Å². The number of halogens is 1. The molecule has 0 aliphatic heterocycles. The summed E-state index contributed by atoms with van der Waals surface area (Å²) in [5.41, 5.74) is 4.37. The molecule has 0 saturated carbocycles. The van der Waals surface area contributed by atoms with Gasteiger partial charge in [0.05, 0.1) is 17.8 Å². The van der Waals surface area contributed by atoms with E-state index in [4.69, 9.17) is 26.2 Å². The van der Waals surface area contributed by atoms with E-state index in [0.29, 0.717) is 17.7 Å². The molecule has 0 aliphatic carbocycles. The molecule has 0 aliphatic rings. The number of carboxylic acid groups (broad SMARTS) is 1. The van der Waals surface area contributed by atoms with Gasteiger partial charge in [0.1, 0.15) is 0 Å². The standard InChI is InChI=1S/C19H19ClN2O5/c1-3-26-16-9-13(8-15(20)18(16)27-11-17(23)24)10-21-22-19(25)14-7-5-4-6-12(14)2/h4-10H,3,11H2,1-2H3,(H,22,25)(H,23,24)/b21-10-. The molecule has 0 saturated heterocycles. The molecule has 0 radical (unpaired) electrons. The predicted octanol–water partition coefficient (Wildman–Crippen LogP) is 3.27. The van der Waals surface area contributed by atoms with Crippen LogP contribution in [-0.4, -0.2) is 36.4 Å². The van der Waals surface area contributed by atoms with Crippen molar-refractivity contribution in [3.63, 3.8) is 0 Å². The van der Waals surface area contributed by atoms with Crippen molar-refractivity contribution in [3.05, 3.63) is 58.1 Å². The van der Waals surface area contributed by atoms with E-state index < -0.39 is 12.6 Å². The van der Waals surface area contributed by atoms with Crippen LogP contribution in [0.1, 0.15) is 28.4 Å². The van der Waals surface area contributed by atoms with Crippen molar-refractivity contribution in [2.24, 2.45) is 5.10 Å². The zero-order valence-electron chi connectivity index (χ0n) is 14.9. The fourth-order valence-corrected chi connectivity index (χ4v) is 2.53. The molecule has 7 nitrogen and oxygen atoms in total. The molecule has 2 rings (SSSR count). The number of ether oxygens (including phenoxy) is 2. The molecule has 27 heavy (non-hydrogen) atoms. The summed E-state index contributed by atoms with van der Waals surface area (Å²) >= 11 is 6.16. The highest BCUT2D eigenvalue weighted by molar-refractivity contribution is 6.32. The molecule has 8 heteroatoms. The number of nitrogens with zero attached hydrogens (tertiary/aromatic N) is 1. The molecule has 0 bridgehead atoms. The van der Waals surface area contributed by atoms with Gasteiger partial charge in [-0.1, -0.05) is 29.8 Å². The Morgan fingerprint density at radius 2 is 2.00 bits per heavy atom. The van der Waals surface area contributed by atoms with Gasteiger partial charge < -0.3 is 14.6 Å². The minimum atomic E-state index is -1.13. The molecular formula is C19H19ClN2O5. The fraction of sp³-hybridized carbons (Fsp3) is 0.211. The Morgan fingerprint density at radius 3 is 2.67 bits per heavy atom. The molecule has 142 valence electrons. The lowest BCUT2D eigenvalue weighted by Gasteiger charge is -2.13. The quantitative estimate of drug-likeness (QED) is 0.532. The fourth-order valence-electron chi connectivity index (χ4n) is 2.25. The van der Waals surface area contributed by atoms with Gasteiger partial charge in [0, 0.05) is 5.56 Å². The lowest BCUT2D eigenvalue weighted by molar-refractivity contribution is -0.139. The largest absolute Gasteiger partial charge is 0.490 e. The van der Waals surface area contributed by atoms with E-state index in [1.807, 2.05) is 19.1 Å². The Hall–Kier alpha value is -3.06. The first-order valence-corrected chi connectivity index (χ1v) is 8.50. The van der Waals surface area contributed by atoms with Crippen LogP contribution in [0.5, 0.6) is 11.5 Å². The molecule has 0 aromatic heterocycles. The Morgan fingerprint density at radius 1 is 1.26 bits per heavy atom. The van der Waals surface area contributed by atoms with Crippen LogP contribution in [0.3, 0.4) is 0 Å². The molecular weight excluding hydrogens is 372 g/mol. The highest BCUT2D eigenvalue weighted by Gasteiger charge is 2.14. The van der Waals surface area contributed by atoms with Gasteiger partial charge in [-0.3, -0.25) is 4.79 Å². The van der Waals surface area contributed by atoms with Gasteiger partial charge in [0.15, 0.2) is 18.1 Å². The van der Waals surface area contributed by atoms with Crippen LogP contribution >= 0.6 is 11.6 Å². The number of carboxylic acids is 1. The third kappa shape index (κ3) is 5.72. The lowest BCUT2D eigenvalue weighted by Crippen LogP contribution is -2.18. The number of hydrogen-bond acceptors (Lipinski definition) is 5. The Labute approximate surface area is 161 Å². The number of nitrogens with one attached hydrogen (secondary N) is 1. The van der Waals surface area contributed by atoms with Crippen molar-refractivity contribution >= 4 is 29.7 Å². The number of hydrogen-bond donors (Lipinski definition) is 2. The van der Waals surface area contributed by atoms with Crippen molar-refractivity contribution in [1.82, 2.24) is 5.43 Å².